The Kier molecular flexibility index (Phi) is 19.6. The Labute approximate surface area is 233 Å². The van der Waals surface area contributed by atoms with E-state index in [2.05, 4.69) is 41.5 Å². The van der Waals surface area contributed by atoms with Crippen LogP contribution < -0.4 is 16.4 Å². The first kappa shape index (κ1) is 35.5. The maximum Gasteiger partial charge on any atom is 0.248 e. The summed E-state index contributed by atoms with van der Waals surface area (Å²) in [5.41, 5.74) is 7.00. The first-order chi connectivity index (χ1) is 18.7. The highest BCUT2D eigenvalue weighted by molar-refractivity contribution is 5.92. The maximum absolute atomic E-state index is 12.6. The monoisotopic (exact) mass is 544 g/mol. The van der Waals surface area contributed by atoms with Gasteiger partial charge in [-0.3, -0.25) is 19.2 Å². The van der Waals surface area contributed by atoms with Crippen LogP contribution in [0.1, 0.15) is 71.8 Å². The number of carbonyl (C=O) groups is 4. The zero-order chi connectivity index (χ0) is 29.6. The third kappa shape index (κ3) is 14.9. The number of benzene rings is 1. The van der Waals surface area contributed by atoms with Crippen LogP contribution in [-0.2, 0) is 25.6 Å². The van der Waals surface area contributed by atoms with Gasteiger partial charge in [-0.2, -0.15) is 0 Å². The first-order valence-corrected chi connectivity index (χ1v) is 13.8. The zero-order valence-corrected chi connectivity index (χ0v) is 24.2. The molecule has 1 heterocycles. The summed E-state index contributed by atoms with van der Waals surface area (Å²) in [5.74, 6) is -1.27. The fourth-order valence-corrected chi connectivity index (χ4v) is 3.95. The van der Waals surface area contributed by atoms with E-state index < -0.39 is 24.6 Å². The number of aryl methyl sites for hydroxylation is 1. The van der Waals surface area contributed by atoms with E-state index in [9.17, 15) is 24.3 Å². The standard InChI is InChI=1S/C18H25N3O4.C8H12.C2H5NO.C2H6/c1-19-17(24)15-8-5-11-21(15)18(25)14(12-22)20-16(23)10-9-13-6-3-2-4-7-13;1-2-8-6-4-3-5-7-8;1-2(3)4;1-2/h2-4,6-7,14-15,22H,5,8-12H2,1H3,(H,19,24)(H,20,23);4,6-7H,2-3,5H2,1H3;1H3,(H2,3,4);1-2H3/t14-,15-;;;/m0.../s1. The third-order valence-electron chi connectivity index (χ3n) is 5.86. The number of nitrogens with zero attached hydrogens (tertiary/aromatic N) is 1. The third-order valence-corrected chi connectivity index (χ3v) is 5.86. The number of likely N-dealkylation sites (tertiary alicyclic amines) is 1. The van der Waals surface area contributed by atoms with Crippen molar-refractivity contribution in [2.45, 2.75) is 84.7 Å². The van der Waals surface area contributed by atoms with Crippen molar-refractivity contribution in [2.24, 2.45) is 5.73 Å². The minimum absolute atomic E-state index is 0.224. The molecule has 1 saturated heterocycles. The second kappa shape index (κ2) is 21.5. The molecule has 39 heavy (non-hydrogen) atoms. The number of hydrogen-bond donors (Lipinski definition) is 4. The van der Waals surface area contributed by atoms with Gasteiger partial charge in [0.1, 0.15) is 12.1 Å². The Hall–Kier alpha value is -3.46. The molecular weight excluding hydrogens is 496 g/mol. The lowest BCUT2D eigenvalue weighted by Gasteiger charge is -2.27. The number of hydrogen-bond acceptors (Lipinski definition) is 5. The fourth-order valence-electron chi connectivity index (χ4n) is 3.95. The van der Waals surface area contributed by atoms with Gasteiger partial charge in [-0.1, -0.05) is 74.9 Å². The average Bonchev–Trinajstić information content (AvgIpc) is 3.46. The number of aliphatic hydroxyl groups is 1. The van der Waals surface area contributed by atoms with Crippen molar-refractivity contribution in [3.05, 3.63) is 59.7 Å². The Morgan fingerprint density at radius 2 is 1.77 bits per heavy atom. The number of nitrogens with two attached hydrogens (primary N) is 1. The van der Waals surface area contributed by atoms with Crippen molar-refractivity contribution in [3.8, 4) is 0 Å². The molecule has 1 fully saturated rings. The highest BCUT2D eigenvalue weighted by Crippen LogP contribution is 2.18. The van der Waals surface area contributed by atoms with Crippen LogP contribution in [0.4, 0.5) is 0 Å². The second-order valence-electron chi connectivity index (χ2n) is 8.82. The molecule has 1 aliphatic carbocycles. The van der Waals surface area contributed by atoms with E-state index in [0.29, 0.717) is 19.4 Å². The van der Waals surface area contributed by atoms with E-state index in [0.717, 1.165) is 12.0 Å². The lowest BCUT2D eigenvalue weighted by molar-refractivity contribution is -0.142. The molecule has 218 valence electrons. The molecule has 1 aromatic rings. The number of carbonyl (C=O) groups excluding carboxylic acids is 4. The summed E-state index contributed by atoms with van der Waals surface area (Å²) in [4.78, 5) is 47.2. The van der Waals surface area contributed by atoms with Crippen molar-refractivity contribution in [2.75, 3.05) is 20.2 Å². The minimum Gasteiger partial charge on any atom is -0.394 e. The second-order valence-corrected chi connectivity index (χ2v) is 8.82. The molecule has 2 aliphatic rings. The molecule has 1 aromatic carbocycles. The summed E-state index contributed by atoms with van der Waals surface area (Å²) in [6.45, 7) is 7.46. The zero-order valence-electron chi connectivity index (χ0n) is 24.2. The van der Waals surface area contributed by atoms with Crippen molar-refractivity contribution < 1.29 is 24.3 Å². The molecule has 2 atom stereocenters. The molecule has 3 rings (SSSR count). The number of rotatable bonds is 8. The molecule has 0 aromatic heterocycles. The van der Waals surface area contributed by atoms with Crippen molar-refractivity contribution in [3.63, 3.8) is 0 Å². The molecule has 0 spiro atoms. The maximum atomic E-state index is 12.6. The Balaban J connectivity index is 0.000000847. The summed E-state index contributed by atoms with van der Waals surface area (Å²) in [5, 5.41) is 14.6. The van der Waals surface area contributed by atoms with E-state index in [1.807, 2.05) is 44.2 Å². The molecule has 0 saturated carbocycles. The van der Waals surface area contributed by atoms with Gasteiger partial charge in [0.2, 0.25) is 23.6 Å². The molecule has 9 heteroatoms. The number of aliphatic hydroxyl groups excluding tert-OH is 1. The quantitative estimate of drug-likeness (QED) is 0.398. The van der Waals surface area contributed by atoms with Crippen LogP contribution in [0.25, 0.3) is 0 Å². The van der Waals surface area contributed by atoms with Gasteiger partial charge in [0.25, 0.3) is 0 Å². The van der Waals surface area contributed by atoms with Crippen molar-refractivity contribution >= 4 is 23.6 Å². The largest absolute Gasteiger partial charge is 0.394 e. The van der Waals surface area contributed by atoms with Gasteiger partial charge in [-0.15, -0.1) is 0 Å². The molecule has 1 aliphatic heterocycles. The lowest BCUT2D eigenvalue weighted by Crippen LogP contribution is -2.54. The SMILES string of the molecule is CC.CC(N)=O.CCC1=CCCC=C1.CNC(=O)[C@@H]1CCCN1C(=O)[C@H](CO)NC(=O)CCc1ccccc1. The van der Waals surface area contributed by atoms with Gasteiger partial charge in [-0.25, -0.2) is 0 Å². The number of allylic oxidation sites excluding steroid dienone is 4. The summed E-state index contributed by atoms with van der Waals surface area (Å²) in [6.07, 6.45) is 12.6. The smallest absolute Gasteiger partial charge is 0.248 e. The number of nitrogens with one attached hydrogen (secondary N) is 2. The first-order valence-electron chi connectivity index (χ1n) is 13.8. The molecule has 9 nitrogen and oxygen atoms in total. The van der Waals surface area contributed by atoms with Crippen LogP contribution in [-0.4, -0.2) is 65.9 Å². The predicted octanol–water partition coefficient (Wildman–Crippen LogP) is 3.02. The van der Waals surface area contributed by atoms with Crippen LogP contribution >= 0.6 is 0 Å². The van der Waals surface area contributed by atoms with Crippen LogP contribution in [0.3, 0.4) is 0 Å². The summed E-state index contributed by atoms with van der Waals surface area (Å²) >= 11 is 0. The highest BCUT2D eigenvalue weighted by Gasteiger charge is 2.36. The van der Waals surface area contributed by atoms with E-state index >= 15 is 0 Å². The van der Waals surface area contributed by atoms with Gasteiger partial charge in [0, 0.05) is 26.9 Å². The highest BCUT2D eigenvalue weighted by atomic mass is 16.3. The van der Waals surface area contributed by atoms with Crippen molar-refractivity contribution in [1.82, 2.24) is 15.5 Å². The van der Waals surface area contributed by atoms with Crippen molar-refractivity contribution in [1.29, 1.82) is 0 Å². The Morgan fingerprint density at radius 1 is 1.13 bits per heavy atom. The summed E-state index contributed by atoms with van der Waals surface area (Å²) in [7, 11) is 1.53. The summed E-state index contributed by atoms with van der Waals surface area (Å²) in [6, 6.07) is 8.02. The average molecular weight is 545 g/mol. The topological polar surface area (TPSA) is 142 Å². The fraction of sp³-hybridized carbons (Fsp3) is 0.533. The molecule has 5 N–H and O–H groups in total. The Morgan fingerprint density at radius 3 is 2.26 bits per heavy atom. The van der Waals surface area contributed by atoms with Gasteiger partial charge >= 0.3 is 0 Å². The normalized spacial score (nSPS) is 16.0. The molecule has 4 amide bonds. The van der Waals surface area contributed by atoms with Gasteiger partial charge in [0.05, 0.1) is 6.61 Å². The van der Waals surface area contributed by atoms with E-state index in [1.54, 1.807) is 0 Å². The number of amides is 4. The van der Waals surface area contributed by atoms with E-state index in [1.165, 1.54) is 43.7 Å². The lowest BCUT2D eigenvalue weighted by atomic mass is 10.1. The minimum atomic E-state index is -1.02. The molecular formula is C30H48N4O5. The van der Waals surface area contributed by atoms with E-state index in [-0.39, 0.29) is 24.1 Å². The van der Waals surface area contributed by atoms with E-state index in [4.69, 9.17) is 0 Å². The summed E-state index contributed by atoms with van der Waals surface area (Å²) < 4.78 is 0. The van der Waals surface area contributed by atoms with Crippen LogP contribution in [0.5, 0.6) is 0 Å². The predicted molar refractivity (Wildman–Crippen MR) is 156 cm³/mol. The van der Waals surface area contributed by atoms with Gasteiger partial charge < -0.3 is 26.4 Å². The number of likely N-dealkylation sites (N-methyl/N-ethyl adjacent to an activating group) is 1. The molecule has 0 radical (unpaired) electrons. The molecule has 0 bridgehead atoms. The van der Waals surface area contributed by atoms with Crippen LogP contribution in [0.15, 0.2) is 54.1 Å². The Bertz CT molecular complexity index is 927. The van der Waals surface area contributed by atoms with Gasteiger partial charge in [-0.05, 0) is 44.1 Å². The molecule has 0 unspecified atom stereocenters. The number of primary amides is 1. The van der Waals surface area contributed by atoms with Crippen LogP contribution in [0.2, 0.25) is 0 Å². The van der Waals surface area contributed by atoms with Gasteiger partial charge in [0.15, 0.2) is 0 Å². The van der Waals surface area contributed by atoms with Crippen LogP contribution in [0, 0.1) is 0 Å².